The maximum atomic E-state index is 12.2. The minimum absolute atomic E-state index is 0.0183. The van der Waals surface area contributed by atoms with Crippen molar-refractivity contribution in [2.45, 2.75) is 43.9 Å². The molecule has 2 heterocycles. The Morgan fingerprint density at radius 1 is 1.50 bits per heavy atom. The predicted octanol–water partition coefficient (Wildman–Crippen LogP) is 2.76. The molecule has 5 heteroatoms. The van der Waals surface area contributed by atoms with E-state index in [-0.39, 0.29) is 11.3 Å². The van der Waals surface area contributed by atoms with Crippen LogP contribution in [-0.4, -0.2) is 26.0 Å². The van der Waals surface area contributed by atoms with Gasteiger partial charge in [0.25, 0.3) is 0 Å². The van der Waals surface area contributed by atoms with Crippen molar-refractivity contribution in [1.29, 1.82) is 0 Å². The molecule has 0 bridgehead atoms. The summed E-state index contributed by atoms with van der Waals surface area (Å²) in [7, 11) is -2.94. The van der Waals surface area contributed by atoms with Crippen molar-refractivity contribution in [2.24, 2.45) is 0 Å². The van der Waals surface area contributed by atoms with Crippen LogP contribution in [0.1, 0.15) is 43.5 Å². The molecule has 1 N–H and O–H groups in total. The van der Waals surface area contributed by atoms with Crippen molar-refractivity contribution in [3.8, 4) is 0 Å². The molecule has 2 rings (SSSR count). The largest absolute Gasteiger partial charge is 0.308 e. The fourth-order valence-electron chi connectivity index (χ4n) is 2.54. The Morgan fingerprint density at radius 2 is 2.33 bits per heavy atom. The Labute approximate surface area is 114 Å². The zero-order valence-corrected chi connectivity index (χ0v) is 12.4. The van der Waals surface area contributed by atoms with Crippen LogP contribution in [0.15, 0.2) is 17.5 Å². The van der Waals surface area contributed by atoms with Gasteiger partial charge in [-0.05, 0) is 37.3 Å². The van der Waals surface area contributed by atoms with Crippen LogP contribution < -0.4 is 5.32 Å². The number of nitrogens with one attached hydrogen (secondary N) is 1. The van der Waals surface area contributed by atoms with E-state index in [1.807, 2.05) is 17.5 Å². The molecular formula is C13H21NO2S2. The third kappa shape index (κ3) is 3.13. The van der Waals surface area contributed by atoms with Crippen molar-refractivity contribution >= 4 is 21.2 Å². The fraction of sp³-hybridized carbons (Fsp3) is 0.692. The maximum absolute atomic E-state index is 12.2. The lowest BCUT2D eigenvalue weighted by Crippen LogP contribution is -2.40. The zero-order chi connectivity index (χ0) is 13.0. The standard InChI is InChI=1S/C13H21NO2S2/c1-2-8-14-13(11-6-5-9-17-11)12-7-3-4-10-18(12,15)16/h5-6,9,12-14H,2-4,7-8,10H2,1H3. The van der Waals surface area contributed by atoms with E-state index in [4.69, 9.17) is 0 Å². The minimum Gasteiger partial charge on any atom is -0.308 e. The average Bonchev–Trinajstić information content (AvgIpc) is 2.85. The third-order valence-corrected chi connectivity index (χ3v) is 6.71. The Bertz CT molecular complexity index is 453. The van der Waals surface area contributed by atoms with Crippen LogP contribution in [0.4, 0.5) is 0 Å². The summed E-state index contributed by atoms with van der Waals surface area (Å²) in [6.45, 7) is 2.97. The molecule has 2 atom stereocenters. The highest BCUT2D eigenvalue weighted by Crippen LogP contribution is 2.32. The second-order valence-electron chi connectivity index (χ2n) is 4.85. The maximum Gasteiger partial charge on any atom is 0.155 e. The van der Waals surface area contributed by atoms with Gasteiger partial charge in [0.15, 0.2) is 9.84 Å². The Hall–Kier alpha value is -0.390. The Balaban J connectivity index is 2.22. The summed E-state index contributed by atoms with van der Waals surface area (Å²) >= 11 is 1.65. The van der Waals surface area contributed by atoms with Crippen molar-refractivity contribution in [3.05, 3.63) is 22.4 Å². The second-order valence-corrected chi connectivity index (χ2v) is 8.17. The molecule has 0 aliphatic carbocycles. The van der Waals surface area contributed by atoms with Crippen LogP contribution in [0, 0.1) is 0 Å². The van der Waals surface area contributed by atoms with E-state index in [9.17, 15) is 8.42 Å². The first-order valence-electron chi connectivity index (χ1n) is 6.63. The molecule has 1 aromatic rings. The van der Waals surface area contributed by atoms with Gasteiger partial charge in [-0.2, -0.15) is 0 Å². The average molecular weight is 287 g/mol. The summed E-state index contributed by atoms with van der Waals surface area (Å²) in [5.74, 6) is 0.355. The summed E-state index contributed by atoms with van der Waals surface area (Å²) in [5.41, 5.74) is 0. The molecule has 1 aliphatic rings. The third-order valence-electron chi connectivity index (χ3n) is 3.46. The van der Waals surface area contributed by atoms with E-state index in [2.05, 4.69) is 12.2 Å². The van der Waals surface area contributed by atoms with E-state index >= 15 is 0 Å². The predicted molar refractivity (Wildman–Crippen MR) is 76.8 cm³/mol. The molecule has 0 aromatic carbocycles. The van der Waals surface area contributed by atoms with Gasteiger partial charge in [0.1, 0.15) is 0 Å². The summed E-state index contributed by atoms with van der Waals surface area (Å²) in [6.07, 6.45) is 3.67. The van der Waals surface area contributed by atoms with Gasteiger partial charge in [-0.15, -0.1) is 11.3 Å². The van der Waals surface area contributed by atoms with E-state index in [1.165, 1.54) is 0 Å². The highest BCUT2D eigenvalue weighted by atomic mass is 32.2. The van der Waals surface area contributed by atoms with Crippen molar-refractivity contribution in [2.75, 3.05) is 12.3 Å². The molecule has 0 spiro atoms. The summed E-state index contributed by atoms with van der Waals surface area (Å²) < 4.78 is 24.5. The topological polar surface area (TPSA) is 46.2 Å². The number of rotatable bonds is 5. The molecule has 102 valence electrons. The summed E-state index contributed by atoms with van der Waals surface area (Å²) in [6, 6.07) is 4.02. The van der Waals surface area contributed by atoms with Crippen LogP contribution >= 0.6 is 11.3 Å². The molecule has 2 unspecified atom stereocenters. The van der Waals surface area contributed by atoms with Gasteiger partial charge >= 0.3 is 0 Å². The van der Waals surface area contributed by atoms with Gasteiger partial charge in [-0.25, -0.2) is 8.42 Å². The molecular weight excluding hydrogens is 266 g/mol. The molecule has 0 radical (unpaired) electrons. The monoisotopic (exact) mass is 287 g/mol. The molecule has 1 fully saturated rings. The highest BCUT2D eigenvalue weighted by molar-refractivity contribution is 7.92. The Morgan fingerprint density at radius 3 is 2.94 bits per heavy atom. The van der Waals surface area contributed by atoms with Crippen molar-refractivity contribution < 1.29 is 8.42 Å². The van der Waals surface area contributed by atoms with Crippen LogP contribution in [0.2, 0.25) is 0 Å². The first-order valence-corrected chi connectivity index (χ1v) is 9.23. The molecule has 18 heavy (non-hydrogen) atoms. The number of thiophene rings is 1. The van der Waals surface area contributed by atoms with Gasteiger partial charge in [-0.1, -0.05) is 19.4 Å². The first kappa shape index (κ1) is 14.0. The quantitative estimate of drug-likeness (QED) is 0.906. The van der Waals surface area contributed by atoms with E-state index in [0.717, 1.165) is 37.1 Å². The van der Waals surface area contributed by atoms with Crippen LogP contribution in [0.5, 0.6) is 0 Å². The number of hydrogen-bond acceptors (Lipinski definition) is 4. The molecule has 1 aromatic heterocycles. The van der Waals surface area contributed by atoms with Crippen LogP contribution in [0.3, 0.4) is 0 Å². The lowest BCUT2D eigenvalue weighted by molar-refractivity contribution is 0.451. The van der Waals surface area contributed by atoms with E-state index < -0.39 is 9.84 Å². The van der Waals surface area contributed by atoms with Gasteiger partial charge < -0.3 is 5.32 Å². The SMILES string of the molecule is CCCNC(c1cccs1)C1CCCCS1(=O)=O. The number of sulfone groups is 1. The normalized spacial score (nSPS) is 24.8. The molecule has 0 amide bonds. The molecule has 1 saturated heterocycles. The molecule has 3 nitrogen and oxygen atoms in total. The molecule has 1 aliphatic heterocycles. The summed E-state index contributed by atoms with van der Waals surface area (Å²) in [4.78, 5) is 1.15. The van der Waals surface area contributed by atoms with Crippen molar-refractivity contribution in [3.63, 3.8) is 0 Å². The summed E-state index contributed by atoms with van der Waals surface area (Å²) in [5, 5.41) is 5.21. The van der Waals surface area contributed by atoms with E-state index in [1.54, 1.807) is 11.3 Å². The lowest BCUT2D eigenvalue weighted by atomic mass is 10.1. The minimum atomic E-state index is -2.94. The van der Waals surface area contributed by atoms with E-state index in [0.29, 0.717) is 5.75 Å². The van der Waals surface area contributed by atoms with Gasteiger partial charge in [0.05, 0.1) is 17.0 Å². The molecule has 0 saturated carbocycles. The highest BCUT2D eigenvalue weighted by Gasteiger charge is 2.36. The first-order chi connectivity index (χ1) is 8.65. The van der Waals surface area contributed by atoms with Crippen LogP contribution in [-0.2, 0) is 9.84 Å². The van der Waals surface area contributed by atoms with Crippen LogP contribution in [0.25, 0.3) is 0 Å². The number of hydrogen-bond donors (Lipinski definition) is 1. The smallest absolute Gasteiger partial charge is 0.155 e. The van der Waals surface area contributed by atoms with Gasteiger partial charge in [0, 0.05) is 4.88 Å². The lowest BCUT2D eigenvalue weighted by Gasteiger charge is -2.30. The van der Waals surface area contributed by atoms with Crippen molar-refractivity contribution in [1.82, 2.24) is 5.32 Å². The zero-order valence-electron chi connectivity index (χ0n) is 10.8. The van der Waals surface area contributed by atoms with Gasteiger partial charge in [-0.3, -0.25) is 0 Å². The fourth-order valence-corrected chi connectivity index (χ4v) is 5.58. The van der Waals surface area contributed by atoms with Gasteiger partial charge in [0.2, 0.25) is 0 Å². The second kappa shape index (κ2) is 6.17. The Kier molecular flexibility index (Phi) is 4.81.